The van der Waals surface area contributed by atoms with Crippen molar-refractivity contribution in [1.29, 1.82) is 0 Å². The van der Waals surface area contributed by atoms with Crippen LogP contribution in [0.2, 0.25) is 0 Å². The molecule has 1 heterocycles. The first-order valence-corrected chi connectivity index (χ1v) is 5.38. The maximum absolute atomic E-state index is 10.7. The smallest absolute Gasteiger partial charge is 0.338 e. The Morgan fingerprint density at radius 2 is 2.18 bits per heavy atom. The minimum absolute atomic E-state index is 0.218. The zero-order chi connectivity index (χ0) is 12.4. The maximum Gasteiger partial charge on any atom is 0.338 e. The fourth-order valence-electron chi connectivity index (χ4n) is 1.71. The Bertz CT molecular complexity index is 558. The number of nitrogens with zero attached hydrogens (tertiary/aromatic N) is 2. The van der Waals surface area contributed by atoms with Crippen LogP contribution in [0.3, 0.4) is 0 Å². The normalized spacial score (nSPS) is 10.5. The monoisotopic (exact) mass is 230 g/mol. The fourth-order valence-corrected chi connectivity index (χ4v) is 1.71. The van der Waals surface area contributed by atoms with Gasteiger partial charge in [0.15, 0.2) is 0 Å². The minimum Gasteiger partial charge on any atom is -0.478 e. The summed E-state index contributed by atoms with van der Waals surface area (Å²) in [6.07, 6.45) is 2.91. The van der Waals surface area contributed by atoms with Crippen molar-refractivity contribution in [2.24, 2.45) is 0 Å². The van der Waals surface area contributed by atoms with Gasteiger partial charge in [0.25, 0.3) is 0 Å². The molecule has 0 atom stereocenters. The molecule has 0 bridgehead atoms. The Hall–Kier alpha value is -2.10. The van der Waals surface area contributed by atoms with Crippen molar-refractivity contribution in [2.75, 3.05) is 0 Å². The van der Waals surface area contributed by atoms with E-state index < -0.39 is 5.97 Å². The van der Waals surface area contributed by atoms with Gasteiger partial charge in [-0.05, 0) is 25.0 Å². The number of aromatic nitrogens is 2. The van der Waals surface area contributed by atoms with Crippen molar-refractivity contribution in [1.82, 2.24) is 9.78 Å². The third-order valence-electron chi connectivity index (χ3n) is 2.72. The lowest BCUT2D eigenvalue weighted by Crippen LogP contribution is -2.02. The van der Waals surface area contributed by atoms with Gasteiger partial charge in [0.05, 0.1) is 18.3 Å². The number of rotatable bonds is 3. The Morgan fingerprint density at radius 3 is 2.82 bits per heavy atom. The Morgan fingerprint density at radius 1 is 1.41 bits per heavy atom. The summed E-state index contributed by atoms with van der Waals surface area (Å²) in [5, 5.41) is 12.8. The predicted octanol–water partition coefficient (Wildman–Crippen LogP) is 2.25. The second kappa shape index (κ2) is 4.41. The topological polar surface area (TPSA) is 55.1 Å². The second-order valence-electron chi connectivity index (χ2n) is 4.16. The van der Waals surface area contributed by atoms with Crippen molar-refractivity contribution in [3.63, 3.8) is 0 Å². The van der Waals surface area contributed by atoms with E-state index in [1.54, 1.807) is 10.9 Å². The van der Waals surface area contributed by atoms with Crippen molar-refractivity contribution in [2.45, 2.75) is 20.4 Å². The van der Waals surface area contributed by atoms with E-state index in [-0.39, 0.29) is 5.56 Å². The molecule has 0 spiro atoms. The largest absolute Gasteiger partial charge is 0.478 e. The Kier molecular flexibility index (Phi) is 2.95. The molecule has 1 aromatic heterocycles. The molecule has 4 heteroatoms. The summed E-state index contributed by atoms with van der Waals surface area (Å²) in [5.41, 5.74) is 3.75. The number of hydrogen-bond acceptors (Lipinski definition) is 2. The van der Waals surface area contributed by atoms with E-state index in [9.17, 15) is 4.79 Å². The highest BCUT2D eigenvalue weighted by atomic mass is 16.4. The first-order chi connectivity index (χ1) is 8.06. The average molecular weight is 230 g/mol. The molecule has 0 aliphatic carbocycles. The standard InChI is InChI=1S/C13H14N2O2/c1-9-3-4-10(2)11(5-9)7-15-8-12(6-14-15)13(16)17/h3-6,8H,7H2,1-2H3,(H,16,17). The lowest BCUT2D eigenvalue weighted by Gasteiger charge is -2.07. The van der Waals surface area contributed by atoms with Crippen LogP contribution in [-0.2, 0) is 6.54 Å². The van der Waals surface area contributed by atoms with Gasteiger partial charge in [-0.25, -0.2) is 4.79 Å². The molecule has 0 saturated heterocycles. The highest BCUT2D eigenvalue weighted by Gasteiger charge is 2.07. The van der Waals surface area contributed by atoms with Crippen molar-refractivity contribution >= 4 is 5.97 Å². The summed E-state index contributed by atoms with van der Waals surface area (Å²) in [7, 11) is 0. The van der Waals surface area contributed by atoms with Crippen LogP contribution >= 0.6 is 0 Å². The molecule has 0 fully saturated rings. The number of carbonyl (C=O) groups is 1. The van der Waals surface area contributed by atoms with Crippen LogP contribution in [0, 0.1) is 13.8 Å². The van der Waals surface area contributed by atoms with Gasteiger partial charge in [0.1, 0.15) is 0 Å². The Balaban J connectivity index is 2.25. The van der Waals surface area contributed by atoms with Gasteiger partial charge < -0.3 is 5.11 Å². The van der Waals surface area contributed by atoms with Gasteiger partial charge in [0, 0.05) is 6.20 Å². The summed E-state index contributed by atoms with van der Waals surface area (Å²) >= 11 is 0. The summed E-state index contributed by atoms with van der Waals surface area (Å²) in [5.74, 6) is -0.947. The number of benzene rings is 1. The third kappa shape index (κ3) is 2.53. The van der Waals surface area contributed by atoms with Gasteiger partial charge >= 0.3 is 5.97 Å². The molecule has 2 aromatic rings. The predicted molar refractivity (Wildman–Crippen MR) is 64.2 cm³/mol. The number of hydrogen-bond donors (Lipinski definition) is 1. The molecule has 4 nitrogen and oxygen atoms in total. The Labute approximate surface area is 99.5 Å². The molecule has 2 rings (SSSR count). The van der Waals surface area contributed by atoms with Crippen LogP contribution < -0.4 is 0 Å². The van der Waals surface area contributed by atoms with E-state index in [2.05, 4.69) is 23.3 Å². The van der Waals surface area contributed by atoms with Gasteiger partial charge in [-0.2, -0.15) is 5.10 Å². The van der Waals surface area contributed by atoms with Crippen LogP contribution in [0.4, 0.5) is 0 Å². The molecule has 0 unspecified atom stereocenters. The summed E-state index contributed by atoms with van der Waals surface area (Å²) in [6, 6.07) is 6.22. The number of aromatic carboxylic acids is 1. The van der Waals surface area contributed by atoms with Crippen LogP contribution in [-0.4, -0.2) is 20.9 Å². The third-order valence-corrected chi connectivity index (χ3v) is 2.72. The van der Waals surface area contributed by atoms with E-state index in [1.807, 2.05) is 13.8 Å². The van der Waals surface area contributed by atoms with E-state index in [0.29, 0.717) is 6.54 Å². The first kappa shape index (κ1) is 11.4. The number of carboxylic acid groups (broad SMARTS) is 1. The molecule has 0 aliphatic heterocycles. The van der Waals surface area contributed by atoms with Crippen molar-refractivity contribution in [3.05, 3.63) is 52.8 Å². The summed E-state index contributed by atoms with van der Waals surface area (Å²) in [4.78, 5) is 10.7. The van der Waals surface area contributed by atoms with Gasteiger partial charge in [-0.3, -0.25) is 4.68 Å². The van der Waals surface area contributed by atoms with Gasteiger partial charge in [0.2, 0.25) is 0 Å². The molecule has 1 N–H and O–H groups in total. The van der Waals surface area contributed by atoms with Crippen molar-refractivity contribution < 1.29 is 9.90 Å². The SMILES string of the molecule is Cc1ccc(C)c(Cn2cc(C(=O)O)cn2)c1. The quantitative estimate of drug-likeness (QED) is 0.879. The second-order valence-corrected chi connectivity index (χ2v) is 4.16. The summed E-state index contributed by atoms with van der Waals surface area (Å²) in [6.45, 7) is 4.67. The van der Waals surface area contributed by atoms with Crippen molar-refractivity contribution in [3.8, 4) is 0 Å². The highest BCUT2D eigenvalue weighted by molar-refractivity contribution is 5.86. The van der Waals surface area contributed by atoms with E-state index in [0.717, 1.165) is 5.56 Å². The average Bonchev–Trinajstić information content (AvgIpc) is 2.72. The zero-order valence-electron chi connectivity index (χ0n) is 9.84. The lowest BCUT2D eigenvalue weighted by molar-refractivity contribution is 0.0697. The zero-order valence-corrected chi connectivity index (χ0v) is 9.84. The van der Waals surface area contributed by atoms with Crippen LogP contribution in [0.25, 0.3) is 0 Å². The molecular weight excluding hydrogens is 216 g/mol. The molecule has 88 valence electrons. The molecule has 0 aliphatic rings. The molecule has 1 aromatic carbocycles. The van der Waals surface area contributed by atoms with Crippen LogP contribution in [0.15, 0.2) is 30.6 Å². The van der Waals surface area contributed by atoms with Gasteiger partial charge in [-0.1, -0.05) is 23.8 Å². The highest BCUT2D eigenvalue weighted by Crippen LogP contribution is 2.12. The molecule has 0 radical (unpaired) electrons. The minimum atomic E-state index is -0.947. The number of carboxylic acids is 1. The molecule has 0 amide bonds. The van der Waals surface area contributed by atoms with E-state index >= 15 is 0 Å². The molecule has 17 heavy (non-hydrogen) atoms. The fraction of sp³-hybridized carbons (Fsp3) is 0.231. The maximum atomic E-state index is 10.7. The summed E-state index contributed by atoms with van der Waals surface area (Å²) < 4.78 is 1.64. The molecule has 0 saturated carbocycles. The van der Waals surface area contributed by atoms with Crippen LogP contribution in [0.1, 0.15) is 27.0 Å². The van der Waals surface area contributed by atoms with E-state index in [4.69, 9.17) is 5.11 Å². The number of aryl methyl sites for hydroxylation is 2. The van der Waals surface area contributed by atoms with Gasteiger partial charge in [-0.15, -0.1) is 0 Å². The van der Waals surface area contributed by atoms with E-state index in [1.165, 1.54) is 17.3 Å². The molecular formula is C13H14N2O2. The first-order valence-electron chi connectivity index (χ1n) is 5.38. The lowest BCUT2D eigenvalue weighted by atomic mass is 10.1. The van der Waals surface area contributed by atoms with Crippen LogP contribution in [0.5, 0.6) is 0 Å².